The van der Waals surface area contributed by atoms with Gasteiger partial charge < -0.3 is 10.8 Å². The second-order valence-electron chi connectivity index (χ2n) is 1.83. The van der Waals surface area contributed by atoms with Crippen LogP contribution in [0.3, 0.4) is 0 Å². The van der Waals surface area contributed by atoms with Crippen molar-refractivity contribution < 1.29 is 5.11 Å². The maximum atomic E-state index is 8.52. The summed E-state index contributed by atoms with van der Waals surface area (Å²) in [5.41, 5.74) is 5.08. The van der Waals surface area contributed by atoms with Crippen molar-refractivity contribution in [3.8, 4) is 0 Å². The molecule has 0 radical (unpaired) electrons. The smallest absolute Gasteiger partial charge is 0.101 e. The van der Waals surface area contributed by atoms with Gasteiger partial charge in [0.25, 0.3) is 0 Å². The molecular weight excluding hydrogens is 136 g/mol. The third kappa shape index (κ3) is 5.65. The molecule has 0 aromatic carbocycles. The molecule has 0 aliphatic rings. The van der Waals surface area contributed by atoms with Crippen molar-refractivity contribution in [3.63, 3.8) is 0 Å². The van der Waals surface area contributed by atoms with Crippen LogP contribution in [-0.4, -0.2) is 28.6 Å². The molecule has 4 N–H and O–H groups in total. The highest BCUT2D eigenvalue weighted by molar-refractivity contribution is 8.00. The van der Waals surface area contributed by atoms with E-state index in [1.54, 1.807) is 0 Å². The fourth-order valence-corrected chi connectivity index (χ4v) is 0.854. The molecule has 4 heteroatoms. The van der Waals surface area contributed by atoms with Gasteiger partial charge in [-0.3, -0.25) is 5.41 Å². The van der Waals surface area contributed by atoms with E-state index in [-0.39, 0.29) is 17.7 Å². The Bertz CT molecular complexity index is 97.0. The third-order valence-corrected chi connectivity index (χ3v) is 1.98. The van der Waals surface area contributed by atoms with E-state index in [9.17, 15) is 0 Å². The van der Waals surface area contributed by atoms with E-state index < -0.39 is 0 Å². The predicted molar refractivity (Wildman–Crippen MR) is 40.9 cm³/mol. The van der Waals surface area contributed by atoms with Crippen LogP contribution in [-0.2, 0) is 0 Å². The minimum Gasteiger partial charge on any atom is -0.395 e. The molecule has 0 aromatic rings. The first kappa shape index (κ1) is 8.78. The summed E-state index contributed by atoms with van der Waals surface area (Å²) in [4.78, 5) is 0. The fraction of sp³-hybridized carbons (Fsp3) is 0.800. The number of aliphatic hydroxyl groups excluding tert-OH is 1. The molecular formula is C5H12N2OS. The van der Waals surface area contributed by atoms with Gasteiger partial charge in [0.2, 0.25) is 0 Å². The fourth-order valence-electron chi connectivity index (χ4n) is 0.285. The van der Waals surface area contributed by atoms with Crippen LogP contribution in [0.1, 0.15) is 6.92 Å². The average Bonchev–Trinajstić information content (AvgIpc) is 1.83. The second kappa shape index (κ2) is 4.64. The highest BCUT2D eigenvalue weighted by atomic mass is 32.2. The summed E-state index contributed by atoms with van der Waals surface area (Å²) < 4.78 is 0. The van der Waals surface area contributed by atoms with Crippen LogP contribution in [0.25, 0.3) is 0 Å². The lowest BCUT2D eigenvalue weighted by Gasteiger charge is -2.04. The zero-order valence-electron chi connectivity index (χ0n) is 5.42. The summed E-state index contributed by atoms with van der Waals surface area (Å²) in [6.45, 7) is 2.05. The highest BCUT2D eigenvalue weighted by Gasteiger charge is 1.99. The monoisotopic (exact) mass is 148 g/mol. The number of hydrogen-bond donors (Lipinski definition) is 3. The van der Waals surface area contributed by atoms with Gasteiger partial charge in [0.1, 0.15) is 5.84 Å². The Balaban J connectivity index is 3.16. The van der Waals surface area contributed by atoms with Gasteiger partial charge in [0.15, 0.2) is 0 Å². The maximum Gasteiger partial charge on any atom is 0.101 e. The van der Waals surface area contributed by atoms with E-state index in [1.807, 2.05) is 6.92 Å². The van der Waals surface area contributed by atoms with Gasteiger partial charge in [-0.15, -0.1) is 11.8 Å². The van der Waals surface area contributed by atoms with Crippen LogP contribution < -0.4 is 5.73 Å². The quantitative estimate of drug-likeness (QED) is 0.389. The Morgan fingerprint density at radius 3 is 2.78 bits per heavy atom. The molecule has 0 amide bonds. The van der Waals surface area contributed by atoms with E-state index in [2.05, 4.69) is 0 Å². The summed E-state index contributed by atoms with van der Waals surface area (Å²) in [7, 11) is 0. The van der Waals surface area contributed by atoms with Gasteiger partial charge in [0.05, 0.1) is 12.4 Å². The topological polar surface area (TPSA) is 70.1 Å². The van der Waals surface area contributed by atoms with Crippen molar-refractivity contribution in [2.24, 2.45) is 5.73 Å². The molecule has 3 nitrogen and oxygen atoms in total. The van der Waals surface area contributed by atoms with Gasteiger partial charge >= 0.3 is 0 Å². The highest BCUT2D eigenvalue weighted by Crippen LogP contribution is 2.07. The number of hydrogen-bond acceptors (Lipinski definition) is 3. The molecule has 0 heterocycles. The summed E-state index contributed by atoms with van der Waals surface area (Å²) in [6.07, 6.45) is 0. The molecule has 0 rings (SSSR count). The van der Waals surface area contributed by atoms with Gasteiger partial charge in [-0.25, -0.2) is 0 Å². The molecule has 0 saturated carbocycles. The van der Waals surface area contributed by atoms with E-state index in [4.69, 9.17) is 16.2 Å². The molecule has 0 spiro atoms. The van der Waals surface area contributed by atoms with Crippen LogP contribution in [0.4, 0.5) is 0 Å². The molecule has 0 fully saturated rings. The van der Waals surface area contributed by atoms with Gasteiger partial charge in [-0.1, -0.05) is 6.92 Å². The third-order valence-electron chi connectivity index (χ3n) is 0.780. The molecule has 0 bridgehead atoms. The molecule has 0 aromatic heterocycles. The maximum absolute atomic E-state index is 8.52. The lowest BCUT2D eigenvalue weighted by atomic mass is 10.5. The summed E-state index contributed by atoms with van der Waals surface area (Å²) in [5.74, 6) is 0.683. The summed E-state index contributed by atoms with van der Waals surface area (Å²) in [5, 5.41) is 15.5. The zero-order chi connectivity index (χ0) is 7.28. The Kier molecular flexibility index (Phi) is 4.53. The van der Waals surface area contributed by atoms with Crippen molar-refractivity contribution in [2.75, 3.05) is 12.4 Å². The Morgan fingerprint density at radius 2 is 2.44 bits per heavy atom. The van der Waals surface area contributed by atoms with Crippen LogP contribution in [0.15, 0.2) is 0 Å². The van der Waals surface area contributed by atoms with Crippen molar-refractivity contribution in [2.45, 2.75) is 12.2 Å². The Labute approximate surface area is 59.1 Å². The van der Waals surface area contributed by atoms with Crippen LogP contribution in [0.2, 0.25) is 0 Å². The second-order valence-corrected chi connectivity index (χ2v) is 3.26. The van der Waals surface area contributed by atoms with E-state index in [0.29, 0.717) is 5.75 Å². The first-order valence-corrected chi connectivity index (χ1v) is 3.77. The summed E-state index contributed by atoms with van der Waals surface area (Å²) >= 11 is 1.48. The SMILES string of the molecule is CC(CO)SCC(=N)N. The van der Waals surface area contributed by atoms with Gasteiger partial charge in [0, 0.05) is 5.25 Å². The van der Waals surface area contributed by atoms with Crippen LogP contribution in [0.5, 0.6) is 0 Å². The minimum absolute atomic E-state index is 0.151. The van der Waals surface area contributed by atoms with Crippen molar-refractivity contribution >= 4 is 17.6 Å². The number of nitrogens with one attached hydrogen (secondary N) is 1. The van der Waals surface area contributed by atoms with Crippen molar-refractivity contribution in [1.29, 1.82) is 5.41 Å². The molecule has 54 valence electrons. The number of aliphatic hydroxyl groups is 1. The lowest BCUT2D eigenvalue weighted by molar-refractivity contribution is 0.300. The van der Waals surface area contributed by atoms with Crippen molar-refractivity contribution in [3.05, 3.63) is 0 Å². The first-order valence-electron chi connectivity index (χ1n) is 2.72. The normalized spacial score (nSPS) is 13.1. The Hall–Kier alpha value is -0.220. The molecule has 0 saturated heterocycles. The number of nitrogens with two attached hydrogens (primary N) is 1. The average molecular weight is 148 g/mol. The van der Waals surface area contributed by atoms with Gasteiger partial charge in [-0.05, 0) is 0 Å². The van der Waals surface area contributed by atoms with Crippen molar-refractivity contribution in [1.82, 2.24) is 0 Å². The van der Waals surface area contributed by atoms with Gasteiger partial charge in [-0.2, -0.15) is 0 Å². The summed E-state index contributed by atoms with van der Waals surface area (Å²) in [6, 6.07) is 0. The Morgan fingerprint density at radius 1 is 1.89 bits per heavy atom. The van der Waals surface area contributed by atoms with E-state index in [0.717, 1.165) is 0 Å². The first-order chi connectivity index (χ1) is 4.16. The molecule has 0 aliphatic heterocycles. The number of thioether (sulfide) groups is 1. The lowest BCUT2D eigenvalue weighted by Crippen LogP contribution is -2.15. The van der Waals surface area contributed by atoms with E-state index >= 15 is 0 Å². The van der Waals surface area contributed by atoms with Crippen LogP contribution >= 0.6 is 11.8 Å². The largest absolute Gasteiger partial charge is 0.395 e. The molecule has 1 unspecified atom stereocenters. The standard InChI is InChI=1S/C5H12N2OS/c1-4(2-8)9-3-5(6)7/h4,8H,2-3H2,1H3,(H3,6,7). The molecule has 0 aliphatic carbocycles. The molecule has 1 atom stereocenters. The predicted octanol–water partition coefficient (Wildman–Crippen LogP) is 0.0364. The molecule has 9 heavy (non-hydrogen) atoms. The zero-order valence-corrected chi connectivity index (χ0v) is 6.24. The van der Waals surface area contributed by atoms with Crippen LogP contribution in [0, 0.1) is 5.41 Å². The van der Waals surface area contributed by atoms with E-state index in [1.165, 1.54) is 11.8 Å². The number of amidine groups is 1. The number of rotatable bonds is 4. The minimum atomic E-state index is 0.151.